The Morgan fingerprint density at radius 3 is 1.33 bits per heavy atom. The second-order valence-corrected chi connectivity index (χ2v) is 13.1. The zero-order valence-corrected chi connectivity index (χ0v) is 29.0. The molecule has 0 N–H and O–H groups in total. The van der Waals surface area contributed by atoms with Gasteiger partial charge in [-0.05, 0) is 97.6 Å². The molecule has 7 aromatic rings. The van der Waals surface area contributed by atoms with E-state index in [1.54, 1.807) is 28.4 Å². The minimum atomic E-state index is 0.244. The van der Waals surface area contributed by atoms with Gasteiger partial charge in [-0.2, -0.15) is 0 Å². The molecule has 1 aliphatic carbocycles. The lowest BCUT2D eigenvalue weighted by molar-refractivity contribution is 0.415. The van der Waals surface area contributed by atoms with Gasteiger partial charge >= 0.3 is 0 Å². The number of ether oxygens (including phenoxy) is 4. The number of hydrogen-bond donors (Lipinski definition) is 0. The molecule has 2 atom stereocenters. The molecule has 0 fully saturated rings. The van der Waals surface area contributed by atoms with Crippen molar-refractivity contribution in [2.75, 3.05) is 28.4 Å². The van der Waals surface area contributed by atoms with Crippen LogP contribution in [0.4, 0.5) is 0 Å². The van der Waals surface area contributed by atoms with Gasteiger partial charge in [0.15, 0.2) is 0 Å². The van der Waals surface area contributed by atoms with Crippen molar-refractivity contribution >= 4 is 49.3 Å². The van der Waals surface area contributed by atoms with Gasteiger partial charge < -0.3 is 28.1 Å². The molecule has 0 saturated carbocycles. The largest absolute Gasteiger partial charge is 0.497 e. The van der Waals surface area contributed by atoms with E-state index in [4.69, 9.17) is 18.9 Å². The topological polar surface area (TPSA) is 46.8 Å². The molecular weight excluding hydrogens is 608 g/mol. The van der Waals surface area contributed by atoms with Gasteiger partial charge in [-0.25, -0.2) is 0 Å². The molecule has 6 nitrogen and oxygen atoms in total. The Labute approximate surface area is 286 Å². The van der Waals surface area contributed by atoms with Crippen molar-refractivity contribution in [2.45, 2.75) is 26.7 Å². The first kappa shape index (κ1) is 30.7. The van der Waals surface area contributed by atoms with Crippen LogP contribution in [0.1, 0.15) is 30.9 Å². The summed E-state index contributed by atoms with van der Waals surface area (Å²) in [6, 6.07) is 32.1. The molecule has 49 heavy (non-hydrogen) atoms. The Bertz CT molecular complexity index is 2370. The molecule has 5 aromatic carbocycles. The SMILES string of the molecule is COc1ccc2c3ccc(OC)cc3n(C3=CC(C)C(c4ccc(-n5c6cc(OC)ccc6c6ccc(OC)cc65)cc4C)C(C)=C3)c2c1. The smallest absolute Gasteiger partial charge is 0.120 e. The summed E-state index contributed by atoms with van der Waals surface area (Å²) in [5.41, 5.74) is 10.6. The van der Waals surface area contributed by atoms with Crippen molar-refractivity contribution in [3.63, 3.8) is 0 Å². The average molecular weight is 649 g/mol. The molecule has 0 saturated heterocycles. The molecule has 2 heterocycles. The number of fused-ring (bicyclic) bond motifs is 6. The number of hydrogen-bond acceptors (Lipinski definition) is 4. The summed E-state index contributed by atoms with van der Waals surface area (Å²) in [7, 11) is 6.87. The fourth-order valence-corrected chi connectivity index (χ4v) is 7.99. The minimum absolute atomic E-state index is 0.244. The third-order valence-corrected chi connectivity index (χ3v) is 10.3. The van der Waals surface area contributed by atoms with E-state index in [0.717, 1.165) is 56.4 Å². The fourth-order valence-electron chi connectivity index (χ4n) is 7.99. The van der Waals surface area contributed by atoms with Crippen LogP contribution < -0.4 is 18.9 Å². The Morgan fingerprint density at radius 1 is 0.510 bits per heavy atom. The van der Waals surface area contributed by atoms with Crippen LogP contribution in [-0.4, -0.2) is 37.6 Å². The maximum absolute atomic E-state index is 5.66. The molecule has 0 bridgehead atoms. The van der Waals surface area contributed by atoms with E-state index < -0.39 is 0 Å². The van der Waals surface area contributed by atoms with E-state index in [-0.39, 0.29) is 11.8 Å². The number of allylic oxidation sites excluding steroid dienone is 4. The number of benzene rings is 5. The first-order valence-electron chi connectivity index (χ1n) is 16.7. The van der Waals surface area contributed by atoms with Gasteiger partial charge in [-0.1, -0.05) is 24.6 Å². The van der Waals surface area contributed by atoms with Crippen LogP contribution in [0, 0.1) is 12.8 Å². The molecule has 8 rings (SSSR count). The summed E-state index contributed by atoms with van der Waals surface area (Å²) >= 11 is 0. The van der Waals surface area contributed by atoms with Crippen molar-refractivity contribution in [1.82, 2.24) is 9.13 Å². The van der Waals surface area contributed by atoms with Gasteiger partial charge in [0.2, 0.25) is 0 Å². The highest BCUT2D eigenvalue weighted by molar-refractivity contribution is 6.12. The van der Waals surface area contributed by atoms with Crippen LogP contribution >= 0.6 is 0 Å². The molecule has 0 spiro atoms. The van der Waals surface area contributed by atoms with Crippen LogP contribution in [-0.2, 0) is 0 Å². The van der Waals surface area contributed by atoms with Crippen molar-refractivity contribution in [3.05, 3.63) is 120 Å². The molecule has 0 aliphatic heterocycles. The summed E-state index contributed by atoms with van der Waals surface area (Å²) in [6.07, 6.45) is 4.76. The van der Waals surface area contributed by atoms with E-state index in [9.17, 15) is 0 Å². The molecular formula is C43H40N2O4. The van der Waals surface area contributed by atoms with Gasteiger partial charge in [0, 0.05) is 63.1 Å². The third kappa shape index (κ3) is 4.85. The Morgan fingerprint density at radius 2 is 0.939 bits per heavy atom. The van der Waals surface area contributed by atoms with Gasteiger partial charge in [-0.3, -0.25) is 0 Å². The fraction of sp³-hybridized carbons (Fsp3) is 0.209. The van der Waals surface area contributed by atoms with Crippen molar-refractivity contribution in [1.29, 1.82) is 0 Å². The van der Waals surface area contributed by atoms with Gasteiger partial charge in [0.1, 0.15) is 23.0 Å². The molecule has 246 valence electrons. The average Bonchev–Trinajstić information content (AvgIpc) is 3.62. The molecule has 2 unspecified atom stereocenters. The monoisotopic (exact) mass is 648 g/mol. The molecule has 0 amide bonds. The van der Waals surface area contributed by atoms with Crippen molar-refractivity contribution in [2.24, 2.45) is 5.92 Å². The van der Waals surface area contributed by atoms with Crippen LogP contribution in [0.15, 0.2) is 109 Å². The first-order chi connectivity index (χ1) is 23.8. The Kier molecular flexibility index (Phi) is 7.40. The molecule has 2 aromatic heterocycles. The van der Waals surface area contributed by atoms with E-state index in [0.29, 0.717) is 0 Å². The van der Waals surface area contributed by atoms with Crippen LogP contribution in [0.3, 0.4) is 0 Å². The number of nitrogens with zero attached hydrogens (tertiary/aromatic N) is 2. The van der Waals surface area contributed by atoms with Gasteiger partial charge in [0.25, 0.3) is 0 Å². The van der Waals surface area contributed by atoms with Gasteiger partial charge in [-0.15, -0.1) is 0 Å². The van der Waals surface area contributed by atoms with Crippen LogP contribution in [0.2, 0.25) is 0 Å². The van der Waals surface area contributed by atoms with E-state index in [1.165, 1.54) is 38.2 Å². The zero-order chi connectivity index (χ0) is 34.0. The van der Waals surface area contributed by atoms with Crippen LogP contribution in [0.25, 0.3) is 55.0 Å². The zero-order valence-electron chi connectivity index (χ0n) is 29.0. The van der Waals surface area contributed by atoms with E-state index in [1.807, 2.05) is 24.3 Å². The lowest BCUT2D eigenvalue weighted by atomic mass is 9.77. The lowest BCUT2D eigenvalue weighted by Gasteiger charge is -2.30. The third-order valence-electron chi connectivity index (χ3n) is 10.3. The molecule has 1 aliphatic rings. The summed E-state index contributed by atoms with van der Waals surface area (Å²) < 4.78 is 27.3. The molecule has 0 radical (unpaired) electrons. The second-order valence-electron chi connectivity index (χ2n) is 13.1. The minimum Gasteiger partial charge on any atom is -0.497 e. The molecule has 6 heteroatoms. The maximum Gasteiger partial charge on any atom is 0.120 e. The Hall–Kier alpha value is -5.62. The number of aromatic nitrogens is 2. The summed E-state index contributed by atoms with van der Waals surface area (Å²) in [5, 5.41) is 4.73. The van der Waals surface area contributed by atoms with E-state index >= 15 is 0 Å². The quantitative estimate of drug-likeness (QED) is 0.173. The van der Waals surface area contributed by atoms with Crippen molar-refractivity contribution in [3.8, 4) is 28.7 Å². The second kappa shape index (κ2) is 11.8. The number of aryl methyl sites for hydroxylation is 1. The Balaban J connectivity index is 1.23. The van der Waals surface area contributed by atoms with Gasteiger partial charge in [0.05, 0.1) is 50.5 Å². The first-order valence-corrected chi connectivity index (χ1v) is 16.7. The number of rotatable bonds is 7. The predicted octanol–water partition coefficient (Wildman–Crippen LogP) is 10.5. The van der Waals surface area contributed by atoms with E-state index in [2.05, 4.69) is 109 Å². The highest BCUT2D eigenvalue weighted by atomic mass is 16.5. The summed E-state index contributed by atoms with van der Waals surface area (Å²) in [4.78, 5) is 0. The summed E-state index contributed by atoms with van der Waals surface area (Å²) in [5.74, 6) is 3.83. The van der Waals surface area contributed by atoms with Crippen molar-refractivity contribution < 1.29 is 18.9 Å². The normalized spacial score (nSPS) is 16.3. The predicted molar refractivity (Wildman–Crippen MR) is 201 cm³/mol. The number of methoxy groups -OCH3 is 4. The standard InChI is InChI=1S/C43H40N2O4/c1-25-18-28(44-39-21-30(46-4)9-14-35(39)36-15-10-31(47-5)22-40(36)44)8-13-34(25)43-26(2)19-29(20-27(43)3)45-41-23-32(48-6)11-16-37(41)38-17-12-33(49-7)24-42(38)45/h8-24,26,43H,1-7H3. The maximum atomic E-state index is 5.66. The lowest BCUT2D eigenvalue weighted by Crippen LogP contribution is -2.16. The van der Waals surface area contributed by atoms with Crippen LogP contribution in [0.5, 0.6) is 23.0 Å². The highest BCUT2D eigenvalue weighted by Crippen LogP contribution is 2.44. The highest BCUT2D eigenvalue weighted by Gasteiger charge is 2.27. The summed E-state index contributed by atoms with van der Waals surface area (Å²) in [6.45, 7) is 6.83.